The maximum absolute atomic E-state index is 13.3. The van der Waals surface area contributed by atoms with Crippen LogP contribution in [0.2, 0.25) is 0 Å². The van der Waals surface area contributed by atoms with Crippen molar-refractivity contribution in [3.05, 3.63) is 70.5 Å². The molecule has 0 spiro atoms. The third-order valence-electron chi connectivity index (χ3n) is 4.97. The number of amides is 1. The van der Waals surface area contributed by atoms with Crippen molar-refractivity contribution in [2.24, 2.45) is 0 Å². The Balaban J connectivity index is 1.73. The summed E-state index contributed by atoms with van der Waals surface area (Å²) in [6.07, 6.45) is 0. The molecule has 0 bridgehead atoms. The zero-order valence-electron chi connectivity index (χ0n) is 15.3. The number of carbonyl (C=O) groups excluding carboxylic acids is 1. The van der Waals surface area contributed by atoms with E-state index in [0.29, 0.717) is 25.3 Å². The summed E-state index contributed by atoms with van der Waals surface area (Å²) in [5.41, 5.74) is 3.92. The number of ether oxygens (including phenoxy) is 1. The lowest BCUT2D eigenvalue weighted by atomic mass is 10.0. The van der Waals surface area contributed by atoms with Crippen LogP contribution in [0.4, 0.5) is 4.39 Å². The number of rotatable bonds is 5. The molecule has 1 atom stereocenters. The first-order valence-electron chi connectivity index (χ1n) is 8.97. The molecule has 2 aromatic rings. The fourth-order valence-corrected chi connectivity index (χ4v) is 3.21. The number of halogens is 1. The molecule has 5 heteroatoms. The number of nitrogens with one attached hydrogen (secondary N) is 1. The lowest BCUT2D eigenvalue weighted by Gasteiger charge is -2.35. The van der Waals surface area contributed by atoms with E-state index in [0.717, 1.165) is 24.2 Å². The molecule has 4 nitrogen and oxygen atoms in total. The molecule has 1 heterocycles. The number of hydrogen-bond acceptors (Lipinski definition) is 3. The summed E-state index contributed by atoms with van der Waals surface area (Å²) in [6.45, 7) is 7.42. The standard InChI is InChI=1S/C21H25FN2O2/c1-15-3-4-18(13-16(15)2)21(25)23-14-20(24-9-11-26-12-10-24)17-5-7-19(22)8-6-17/h3-8,13,20H,9-12,14H2,1-2H3,(H,23,25). The summed E-state index contributed by atoms with van der Waals surface area (Å²) in [4.78, 5) is 14.8. The van der Waals surface area contributed by atoms with Crippen LogP contribution in [0, 0.1) is 19.7 Å². The number of nitrogens with zero attached hydrogens (tertiary/aromatic N) is 1. The van der Waals surface area contributed by atoms with E-state index in [-0.39, 0.29) is 17.8 Å². The van der Waals surface area contributed by atoms with Crippen LogP contribution in [0.3, 0.4) is 0 Å². The van der Waals surface area contributed by atoms with Crippen molar-refractivity contribution in [2.45, 2.75) is 19.9 Å². The minimum absolute atomic E-state index is 0.00463. The molecular weight excluding hydrogens is 331 g/mol. The lowest BCUT2D eigenvalue weighted by Crippen LogP contribution is -2.43. The smallest absolute Gasteiger partial charge is 0.251 e. The molecule has 1 unspecified atom stereocenters. The van der Waals surface area contributed by atoms with Crippen LogP contribution in [0.25, 0.3) is 0 Å². The maximum atomic E-state index is 13.3. The zero-order chi connectivity index (χ0) is 18.5. The van der Waals surface area contributed by atoms with Crippen molar-refractivity contribution >= 4 is 5.91 Å². The monoisotopic (exact) mass is 356 g/mol. The first-order chi connectivity index (χ1) is 12.5. The third kappa shape index (κ3) is 4.48. The average molecular weight is 356 g/mol. The predicted octanol–water partition coefficient (Wildman–Crippen LogP) is 3.25. The number of aryl methyl sites for hydroxylation is 2. The third-order valence-corrected chi connectivity index (χ3v) is 4.97. The van der Waals surface area contributed by atoms with Crippen molar-refractivity contribution in [3.8, 4) is 0 Å². The Hall–Kier alpha value is -2.24. The van der Waals surface area contributed by atoms with Crippen LogP contribution >= 0.6 is 0 Å². The van der Waals surface area contributed by atoms with Gasteiger partial charge in [-0.1, -0.05) is 18.2 Å². The second kappa shape index (κ2) is 8.43. The second-order valence-electron chi connectivity index (χ2n) is 6.72. The number of hydrogen-bond donors (Lipinski definition) is 1. The molecule has 138 valence electrons. The van der Waals surface area contributed by atoms with Crippen molar-refractivity contribution in [1.29, 1.82) is 0 Å². The molecule has 1 aliphatic heterocycles. The van der Waals surface area contributed by atoms with Gasteiger partial charge in [-0.3, -0.25) is 9.69 Å². The van der Waals surface area contributed by atoms with E-state index < -0.39 is 0 Å². The molecule has 0 aromatic heterocycles. The van der Waals surface area contributed by atoms with Gasteiger partial charge in [-0.25, -0.2) is 4.39 Å². The molecule has 1 saturated heterocycles. The highest BCUT2D eigenvalue weighted by Gasteiger charge is 2.23. The fraction of sp³-hybridized carbons (Fsp3) is 0.381. The molecule has 1 amide bonds. The molecule has 0 radical (unpaired) electrons. The van der Waals surface area contributed by atoms with Gasteiger partial charge in [-0.2, -0.15) is 0 Å². The number of carbonyl (C=O) groups is 1. The zero-order valence-corrected chi connectivity index (χ0v) is 15.3. The Labute approximate surface area is 154 Å². The Morgan fingerprint density at radius 3 is 2.46 bits per heavy atom. The van der Waals surface area contributed by atoms with E-state index >= 15 is 0 Å². The number of morpholine rings is 1. The Kier molecular flexibility index (Phi) is 6.01. The van der Waals surface area contributed by atoms with Gasteiger partial charge in [0.1, 0.15) is 5.82 Å². The molecule has 3 rings (SSSR count). The molecule has 2 aromatic carbocycles. The molecule has 0 aliphatic carbocycles. The van der Waals surface area contributed by atoms with Crippen LogP contribution < -0.4 is 5.32 Å². The van der Waals surface area contributed by atoms with E-state index in [4.69, 9.17) is 4.74 Å². The van der Waals surface area contributed by atoms with Gasteiger partial charge >= 0.3 is 0 Å². The summed E-state index contributed by atoms with van der Waals surface area (Å²) in [5, 5.41) is 3.04. The van der Waals surface area contributed by atoms with Gasteiger partial charge in [0, 0.05) is 25.2 Å². The van der Waals surface area contributed by atoms with Crippen LogP contribution in [-0.4, -0.2) is 43.7 Å². The van der Waals surface area contributed by atoms with Gasteiger partial charge in [-0.15, -0.1) is 0 Å². The van der Waals surface area contributed by atoms with Crippen LogP contribution in [0.5, 0.6) is 0 Å². The highest BCUT2D eigenvalue weighted by molar-refractivity contribution is 5.94. The Morgan fingerprint density at radius 2 is 1.81 bits per heavy atom. The van der Waals surface area contributed by atoms with E-state index in [9.17, 15) is 9.18 Å². The van der Waals surface area contributed by atoms with E-state index in [1.54, 1.807) is 12.1 Å². The van der Waals surface area contributed by atoms with Crippen molar-refractivity contribution in [3.63, 3.8) is 0 Å². The van der Waals surface area contributed by atoms with Crippen molar-refractivity contribution in [2.75, 3.05) is 32.8 Å². The van der Waals surface area contributed by atoms with Gasteiger partial charge in [0.25, 0.3) is 5.91 Å². The molecular formula is C21H25FN2O2. The number of benzene rings is 2. The highest BCUT2D eigenvalue weighted by atomic mass is 19.1. The fourth-order valence-electron chi connectivity index (χ4n) is 3.21. The maximum Gasteiger partial charge on any atom is 0.251 e. The summed E-state index contributed by atoms with van der Waals surface area (Å²) in [5.74, 6) is -0.345. The van der Waals surface area contributed by atoms with Crippen LogP contribution in [0.15, 0.2) is 42.5 Å². The Bertz CT molecular complexity index is 755. The largest absolute Gasteiger partial charge is 0.379 e. The minimum Gasteiger partial charge on any atom is -0.379 e. The van der Waals surface area contributed by atoms with Gasteiger partial charge in [0.15, 0.2) is 0 Å². The van der Waals surface area contributed by atoms with Gasteiger partial charge in [0.05, 0.1) is 19.3 Å². The summed E-state index contributed by atoms with van der Waals surface area (Å²) in [6, 6.07) is 12.2. The van der Waals surface area contributed by atoms with Gasteiger partial charge in [0.2, 0.25) is 0 Å². The van der Waals surface area contributed by atoms with Crippen molar-refractivity contribution in [1.82, 2.24) is 10.2 Å². The first-order valence-corrected chi connectivity index (χ1v) is 8.97. The molecule has 26 heavy (non-hydrogen) atoms. The Morgan fingerprint density at radius 1 is 1.12 bits per heavy atom. The minimum atomic E-state index is -0.256. The lowest BCUT2D eigenvalue weighted by molar-refractivity contribution is 0.0162. The van der Waals surface area contributed by atoms with Crippen molar-refractivity contribution < 1.29 is 13.9 Å². The molecule has 1 fully saturated rings. The summed E-state index contributed by atoms with van der Waals surface area (Å²) in [7, 11) is 0. The van der Waals surface area contributed by atoms with E-state index in [1.165, 1.54) is 17.7 Å². The highest BCUT2D eigenvalue weighted by Crippen LogP contribution is 2.22. The first kappa shape index (κ1) is 18.5. The average Bonchev–Trinajstić information content (AvgIpc) is 2.66. The molecule has 1 aliphatic rings. The predicted molar refractivity (Wildman–Crippen MR) is 99.8 cm³/mol. The topological polar surface area (TPSA) is 41.6 Å². The second-order valence-corrected chi connectivity index (χ2v) is 6.72. The molecule has 0 saturated carbocycles. The quantitative estimate of drug-likeness (QED) is 0.894. The van der Waals surface area contributed by atoms with E-state index in [2.05, 4.69) is 10.2 Å². The molecule has 1 N–H and O–H groups in total. The summed E-state index contributed by atoms with van der Waals surface area (Å²) >= 11 is 0. The SMILES string of the molecule is Cc1ccc(C(=O)NCC(c2ccc(F)cc2)N2CCOCC2)cc1C. The van der Waals surface area contributed by atoms with Gasteiger partial charge in [-0.05, 0) is 54.8 Å². The van der Waals surface area contributed by atoms with Gasteiger partial charge < -0.3 is 10.1 Å². The summed E-state index contributed by atoms with van der Waals surface area (Å²) < 4.78 is 18.7. The normalized spacial score (nSPS) is 16.3. The van der Waals surface area contributed by atoms with Crippen LogP contribution in [0.1, 0.15) is 33.1 Å². The van der Waals surface area contributed by atoms with E-state index in [1.807, 2.05) is 32.0 Å². The van der Waals surface area contributed by atoms with Crippen LogP contribution in [-0.2, 0) is 4.74 Å².